The molecule has 10 heteroatoms. The van der Waals surface area contributed by atoms with Crippen LogP contribution in [0.25, 0.3) is 17.5 Å². The number of aldehydes is 1. The van der Waals surface area contributed by atoms with Gasteiger partial charge in [-0.1, -0.05) is 0 Å². The standard InChI is InChI=1S/C25H27N7O3/c1-31-8-7-16-13-19(20-14-27-23(26)25(30-20)34-2)29-24(22(16)21(31)15-33)28-17-3-5-18(6-4-17)32-9-11-35-12-10-32/h3-8,13-15,21H,9-12H2,1-2H3,(H2,26,27)(H,28,29). The quantitative estimate of drug-likeness (QED) is 0.517. The molecule has 2 aliphatic rings. The zero-order chi connectivity index (χ0) is 24.4. The molecule has 1 unspecified atom stereocenters. The Bertz CT molecular complexity index is 1260. The zero-order valence-electron chi connectivity index (χ0n) is 19.6. The van der Waals surface area contributed by atoms with Gasteiger partial charge in [0, 0.05) is 43.3 Å². The van der Waals surface area contributed by atoms with Crippen LogP contribution in [0, 0.1) is 0 Å². The molecule has 180 valence electrons. The van der Waals surface area contributed by atoms with Crippen LogP contribution in [0.3, 0.4) is 0 Å². The summed E-state index contributed by atoms with van der Waals surface area (Å²) >= 11 is 0. The third kappa shape index (κ3) is 4.47. The average molecular weight is 474 g/mol. The summed E-state index contributed by atoms with van der Waals surface area (Å²) in [5.74, 6) is 1.01. The van der Waals surface area contributed by atoms with Gasteiger partial charge in [0.2, 0.25) is 0 Å². The Morgan fingerprint density at radius 3 is 2.66 bits per heavy atom. The van der Waals surface area contributed by atoms with Crippen LogP contribution in [0.15, 0.2) is 42.7 Å². The molecule has 0 bridgehead atoms. The highest BCUT2D eigenvalue weighted by atomic mass is 16.5. The van der Waals surface area contributed by atoms with Crippen LogP contribution >= 0.6 is 0 Å². The maximum Gasteiger partial charge on any atom is 0.257 e. The van der Waals surface area contributed by atoms with Gasteiger partial charge in [-0.15, -0.1) is 0 Å². The number of ether oxygens (including phenoxy) is 2. The van der Waals surface area contributed by atoms with Crippen molar-refractivity contribution in [3.05, 3.63) is 53.9 Å². The number of pyridine rings is 1. The van der Waals surface area contributed by atoms with Gasteiger partial charge < -0.3 is 35.1 Å². The summed E-state index contributed by atoms with van der Waals surface area (Å²) in [5.41, 5.74) is 10.6. The maximum absolute atomic E-state index is 12.0. The van der Waals surface area contributed by atoms with Crippen molar-refractivity contribution < 1.29 is 14.3 Å². The molecule has 3 aromatic rings. The fourth-order valence-corrected chi connectivity index (χ4v) is 4.28. The number of anilines is 4. The summed E-state index contributed by atoms with van der Waals surface area (Å²) in [7, 11) is 3.36. The number of nitrogen functional groups attached to an aromatic ring is 1. The van der Waals surface area contributed by atoms with Gasteiger partial charge in [0.15, 0.2) is 5.82 Å². The molecule has 35 heavy (non-hydrogen) atoms. The second-order valence-corrected chi connectivity index (χ2v) is 8.34. The largest absolute Gasteiger partial charge is 0.478 e. The topological polar surface area (TPSA) is 119 Å². The van der Waals surface area contributed by atoms with Crippen LogP contribution in [0.1, 0.15) is 17.2 Å². The maximum atomic E-state index is 12.0. The molecule has 1 aromatic carbocycles. The number of carbonyl (C=O) groups excluding carboxylic acids is 1. The lowest BCUT2D eigenvalue weighted by atomic mass is 9.96. The lowest BCUT2D eigenvalue weighted by Crippen LogP contribution is -2.36. The number of nitrogens with one attached hydrogen (secondary N) is 1. The van der Waals surface area contributed by atoms with E-state index in [1.807, 2.05) is 42.4 Å². The van der Waals surface area contributed by atoms with Crippen molar-refractivity contribution in [2.45, 2.75) is 6.04 Å². The van der Waals surface area contributed by atoms with Gasteiger partial charge in [0.25, 0.3) is 5.88 Å². The van der Waals surface area contributed by atoms with Crippen LogP contribution in [0.4, 0.5) is 23.0 Å². The van der Waals surface area contributed by atoms with Crippen LogP contribution in [-0.4, -0.2) is 66.6 Å². The molecule has 2 aromatic heterocycles. The van der Waals surface area contributed by atoms with E-state index in [1.54, 1.807) is 6.20 Å². The van der Waals surface area contributed by atoms with Gasteiger partial charge in [-0.3, -0.25) is 0 Å². The third-order valence-corrected chi connectivity index (χ3v) is 6.17. The number of likely N-dealkylation sites (N-methyl/N-ethyl adjacent to an activating group) is 1. The molecule has 3 N–H and O–H groups in total. The third-order valence-electron chi connectivity index (χ3n) is 6.17. The van der Waals surface area contributed by atoms with E-state index in [-0.39, 0.29) is 11.7 Å². The van der Waals surface area contributed by atoms with E-state index < -0.39 is 6.04 Å². The van der Waals surface area contributed by atoms with Crippen molar-refractivity contribution >= 4 is 35.4 Å². The first-order valence-electron chi connectivity index (χ1n) is 11.3. The van der Waals surface area contributed by atoms with E-state index in [4.69, 9.17) is 20.2 Å². The minimum atomic E-state index is -0.473. The summed E-state index contributed by atoms with van der Waals surface area (Å²) < 4.78 is 10.7. The number of aromatic nitrogens is 3. The first kappa shape index (κ1) is 22.6. The normalized spacial score (nSPS) is 17.1. The number of hydrogen-bond donors (Lipinski definition) is 2. The van der Waals surface area contributed by atoms with E-state index in [1.165, 1.54) is 7.11 Å². The molecular weight excluding hydrogens is 446 g/mol. The minimum Gasteiger partial charge on any atom is -0.478 e. The van der Waals surface area contributed by atoms with Crippen LogP contribution in [-0.2, 0) is 9.53 Å². The molecule has 2 aliphatic heterocycles. The Kier molecular flexibility index (Phi) is 6.19. The Labute approximate surface area is 203 Å². The molecule has 0 saturated carbocycles. The lowest BCUT2D eigenvalue weighted by molar-refractivity contribution is -0.111. The second-order valence-electron chi connectivity index (χ2n) is 8.34. The highest BCUT2D eigenvalue weighted by Gasteiger charge is 2.26. The van der Waals surface area contributed by atoms with Crippen LogP contribution in [0.2, 0.25) is 0 Å². The summed E-state index contributed by atoms with van der Waals surface area (Å²) in [6.07, 6.45) is 6.31. The van der Waals surface area contributed by atoms with Crippen molar-refractivity contribution in [2.75, 3.05) is 56.4 Å². The van der Waals surface area contributed by atoms with Crippen LogP contribution in [0.5, 0.6) is 5.88 Å². The highest BCUT2D eigenvalue weighted by Crippen LogP contribution is 2.37. The van der Waals surface area contributed by atoms with Crippen molar-refractivity contribution in [3.8, 4) is 17.3 Å². The molecule has 0 spiro atoms. The molecule has 1 atom stereocenters. The molecule has 0 radical (unpaired) electrons. The SMILES string of the molecule is COc1nc(-c2cc3c(c(Nc4ccc(N5CCOCC5)cc4)n2)C(C=O)N(C)C=C3)cnc1N. The summed E-state index contributed by atoms with van der Waals surface area (Å²) in [6, 6.07) is 9.58. The fraction of sp³-hybridized carbons (Fsp3) is 0.280. The first-order chi connectivity index (χ1) is 17.1. The van der Waals surface area contributed by atoms with Crippen molar-refractivity contribution in [3.63, 3.8) is 0 Å². The predicted octanol–water partition coefficient (Wildman–Crippen LogP) is 2.87. The van der Waals surface area contributed by atoms with E-state index in [0.29, 0.717) is 17.2 Å². The Morgan fingerprint density at radius 1 is 1.17 bits per heavy atom. The highest BCUT2D eigenvalue weighted by molar-refractivity contribution is 5.79. The first-order valence-corrected chi connectivity index (χ1v) is 11.3. The molecule has 10 nitrogen and oxygen atoms in total. The summed E-state index contributed by atoms with van der Waals surface area (Å²) in [5, 5.41) is 3.42. The number of rotatable bonds is 6. The fourth-order valence-electron chi connectivity index (χ4n) is 4.28. The summed E-state index contributed by atoms with van der Waals surface area (Å²) in [4.78, 5) is 29.7. The molecule has 1 fully saturated rings. The minimum absolute atomic E-state index is 0.204. The summed E-state index contributed by atoms with van der Waals surface area (Å²) in [6.45, 7) is 3.21. The average Bonchev–Trinajstić information content (AvgIpc) is 2.90. The van der Waals surface area contributed by atoms with E-state index in [9.17, 15) is 4.79 Å². The Morgan fingerprint density at radius 2 is 1.94 bits per heavy atom. The predicted molar refractivity (Wildman–Crippen MR) is 135 cm³/mol. The monoisotopic (exact) mass is 473 g/mol. The molecule has 4 heterocycles. The van der Waals surface area contributed by atoms with Gasteiger partial charge in [-0.25, -0.2) is 15.0 Å². The number of fused-ring (bicyclic) bond motifs is 1. The number of carbonyl (C=O) groups is 1. The zero-order valence-corrected chi connectivity index (χ0v) is 19.6. The number of nitrogens with zero attached hydrogens (tertiary/aromatic N) is 5. The Hall–Kier alpha value is -4.18. The molecule has 0 aliphatic carbocycles. The van der Waals surface area contributed by atoms with Gasteiger partial charge >= 0.3 is 0 Å². The van der Waals surface area contributed by atoms with Gasteiger partial charge in [-0.2, -0.15) is 0 Å². The molecule has 5 rings (SSSR count). The van der Waals surface area contributed by atoms with E-state index >= 15 is 0 Å². The lowest BCUT2D eigenvalue weighted by Gasteiger charge is -2.30. The molecule has 0 amide bonds. The van der Waals surface area contributed by atoms with Gasteiger partial charge in [-0.05, 0) is 42.0 Å². The number of benzene rings is 1. The van der Waals surface area contributed by atoms with E-state index in [0.717, 1.165) is 55.1 Å². The number of hydrogen-bond acceptors (Lipinski definition) is 10. The van der Waals surface area contributed by atoms with Crippen molar-refractivity contribution in [1.29, 1.82) is 0 Å². The van der Waals surface area contributed by atoms with Crippen molar-refractivity contribution in [2.24, 2.45) is 0 Å². The van der Waals surface area contributed by atoms with Gasteiger partial charge in [0.1, 0.15) is 23.8 Å². The van der Waals surface area contributed by atoms with Gasteiger partial charge in [0.05, 0.1) is 32.2 Å². The number of morpholine rings is 1. The number of methoxy groups -OCH3 is 1. The van der Waals surface area contributed by atoms with E-state index in [2.05, 4.69) is 32.3 Å². The van der Waals surface area contributed by atoms with Crippen molar-refractivity contribution in [1.82, 2.24) is 19.9 Å². The molecular formula is C25H27N7O3. The smallest absolute Gasteiger partial charge is 0.257 e. The Balaban J connectivity index is 1.54. The number of nitrogens with two attached hydrogens (primary N) is 1. The second kappa shape index (κ2) is 9.59. The molecule has 1 saturated heterocycles. The van der Waals surface area contributed by atoms with Crippen LogP contribution < -0.4 is 20.7 Å².